The van der Waals surface area contributed by atoms with Gasteiger partial charge in [-0.2, -0.15) is 0 Å². The van der Waals surface area contributed by atoms with Gasteiger partial charge in [-0.1, -0.05) is 6.07 Å². The maximum Gasteiger partial charge on any atom is 0.213 e. The average Bonchev–Trinajstić information content (AvgIpc) is 3.18. The van der Waals surface area contributed by atoms with Crippen molar-refractivity contribution in [2.24, 2.45) is 0 Å². The molecular weight excluding hydrogens is 413 g/mol. The number of nitrogens with zero attached hydrogens (tertiary/aromatic N) is 5. The topological polar surface area (TPSA) is 109 Å². The van der Waals surface area contributed by atoms with Crippen LogP contribution in [0.25, 0.3) is 17.0 Å². The standard InChI is InChI=1S/C22H24FN7O2/c1-22(2,31)13-25-11-14-8-10-30-19(14)21(27-16-7-9-24-12-15(16)23)28-20(29-30)17-5-4-6-18(26-17)32-3/h4-10,12,25,31H,11,13H2,1-3H3,(H,24,27,28,29). The first-order chi connectivity index (χ1) is 15.3. The van der Waals surface area contributed by atoms with Crippen molar-refractivity contribution in [2.45, 2.75) is 26.0 Å². The van der Waals surface area contributed by atoms with E-state index in [2.05, 4.69) is 30.7 Å². The van der Waals surface area contributed by atoms with Crippen LogP contribution in [0.1, 0.15) is 19.4 Å². The van der Waals surface area contributed by atoms with Gasteiger partial charge in [0.1, 0.15) is 11.2 Å². The summed E-state index contributed by atoms with van der Waals surface area (Å²) in [5, 5.41) is 20.9. The summed E-state index contributed by atoms with van der Waals surface area (Å²) >= 11 is 0. The number of rotatable bonds is 8. The van der Waals surface area contributed by atoms with Crippen LogP contribution in [0, 0.1) is 5.82 Å². The van der Waals surface area contributed by atoms with Crippen LogP contribution >= 0.6 is 0 Å². The second kappa shape index (κ2) is 8.85. The highest BCUT2D eigenvalue weighted by Crippen LogP contribution is 2.27. The Morgan fingerprint density at radius 2 is 2.03 bits per heavy atom. The van der Waals surface area contributed by atoms with Crippen molar-refractivity contribution in [3.63, 3.8) is 0 Å². The Bertz CT molecular complexity index is 1240. The molecule has 4 heterocycles. The quantitative estimate of drug-likeness (QED) is 0.386. The minimum atomic E-state index is -0.849. The number of halogens is 1. The fourth-order valence-corrected chi connectivity index (χ4v) is 3.19. The van der Waals surface area contributed by atoms with Crippen LogP contribution in [0.2, 0.25) is 0 Å². The van der Waals surface area contributed by atoms with E-state index in [0.717, 1.165) is 11.8 Å². The molecule has 0 aliphatic carbocycles. The molecule has 0 bridgehead atoms. The third-order valence-corrected chi connectivity index (χ3v) is 4.66. The van der Waals surface area contributed by atoms with Gasteiger partial charge >= 0.3 is 0 Å². The zero-order chi connectivity index (χ0) is 22.7. The van der Waals surface area contributed by atoms with E-state index in [-0.39, 0.29) is 5.69 Å². The summed E-state index contributed by atoms with van der Waals surface area (Å²) < 4.78 is 21.2. The number of fused-ring (bicyclic) bond motifs is 1. The summed E-state index contributed by atoms with van der Waals surface area (Å²) in [5.74, 6) is 0.693. The van der Waals surface area contributed by atoms with Crippen molar-refractivity contribution in [3.8, 4) is 17.4 Å². The summed E-state index contributed by atoms with van der Waals surface area (Å²) in [4.78, 5) is 12.8. The van der Waals surface area contributed by atoms with E-state index in [1.54, 1.807) is 42.8 Å². The lowest BCUT2D eigenvalue weighted by molar-refractivity contribution is 0.0795. The summed E-state index contributed by atoms with van der Waals surface area (Å²) in [6.45, 7) is 4.33. The van der Waals surface area contributed by atoms with Gasteiger partial charge in [-0.25, -0.2) is 18.9 Å². The normalized spacial score (nSPS) is 11.7. The fraction of sp³-hybridized carbons (Fsp3) is 0.273. The van der Waals surface area contributed by atoms with Gasteiger partial charge in [0, 0.05) is 31.5 Å². The molecule has 0 unspecified atom stereocenters. The maximum atomic E-state index is 14.3. The Morgan fingerprint density at radius 1 is 1.19 bits per heavy atom. The molecule has 10 heteroatoms. The van der Waals surface area contributed by atoms with Crippen molar-refractivity contribution in [3.05, 3.63) is 60.3 Å². The van der Waals surface area contributed by atoms with Gasteiger partial charge in [0.05, 0.1) is 24.6 Å². The van der Waals surface area contributed by atoms with E-state index in [4.69, 9.17) is 4.74 Å². The van der Waals surface area contributed by atoms with Crippen LogP contribution in [0.5, 0.6) is 5.88 Å². The number of aliphatic hydroxyl groups is 1. The average molecular weight is 437 g/mol. The van der Waals surface area contributed by atoms with Gasteiger partial charge in [0.15, 0.2) is 11.6 Å². The minimum Gasteiger partial charge on any atom is -0.481 e. The number of hydrogen-bond acceptors (Lipinski definition) is 8. The number of pyridine rings is 2. The Kier molecular flexibility index (Phi) is 5.97. The van der Waals surface area contributed by atoms with Gasteiger partial charge < -0.3 is 20.5 Å². The molecule has 4 aromatic rings. The number of methoxy groups -OCH3 is 1. The van der Waals surface area contributed by atoms with Crippen molar-refractivity contribution in [2.75, 3.05) is 19.0 Å². The smallest absolute Gasteiger partial charge is 0.213 e. The molecule has 0 aliphatic heterocycles. The molecule has 4 aromatic heterocycles. The fourth-order valence-electron chi connectivity index (χ4n) is 3.19. The zero-order valence-electron chi connectivity index (χ0n) is 18.0. The molecule has 9 nitrogen and oxygen atoms in total. The largest absolute Gasteiger partial charge is 0.481 e. The molecule has 32 heavy (non-hydrogen) atoms. The molecule has 0 aromatic carbocycles. The lowest BCUT2D eigenvalue weighted by atomic mass is 10.1. The summed E-state index contributed by atoms with van der Waals surface area (Å²) in [6, 6.07) is 8.74. The molecule has 0 fully saturated rings. The van der Waals surface area contributed by atoms with Crippen molar-refractivity contribution >= 4 is 17.0 Å². The first-order valence-electron chi connectivity index (χ1n) is 10.0. The highest BCUT2D eigenvalue weighted by Gasteiger charge is 2.17. The van der Waals surface area contributed by atoms with E-state index >= 15 is 0 Å². The summed E-state index contributed by atoms with van der Waals surface area (Å²) in [5.41, 5.74) is 1.47. The van der Waals surface area contributed by atoms with Crippen LogP contribution in [-0.2, 0) is 6.54 Å². The van der Waals surface area contributed by atoms with Crippen LogP contribution in [0.3, 0.4) is 0 Å². The molecule has 0 spiro atoms. The van der Waals surface area contributed by atoms with Crippen molar-refractivity contribution in [1.29, 1.82) is 0 Å². The lowest BCUT2D eigenvalue weighted by Crippen LogP contribution is -2.34. The maximum absolute atomic E-state index is 14.3. The molecule has 0 aliphatic rings. The van der Waals surface area contributed by atoms with E-state index in [1.165, 1.54) is 19.4 Å². The number of nitrogens with one attached hydrogen (secondary N) is 2. The second-order valence-electron chi connectivity index (χ2n) is 7.88. The molecule has 4 rings (SSSR count). The van der Waals surface area contributed by atoms with Crippen molar-refractivity contribution < 1.29 is 14.2 Å². The van der Waals surface area contributed by atoms with E-state index in [0.29, 0.717) is 41.8 Å². The molecule has 0 saturated heterocycles. The van der Waals surface area contributed by atoms with Crippen LogP contribution < -0.4 is 15.4 Å². The molecule has 3 N–H and O–H groups in total. The van der Waals surface area contributed by atoms with Gasteiger partial charge in [0.2, 0.25) is 11.7 Å². The molecule has 166 valence electrons. The van der Waals surface area contributed by atoms with Crippen LogP contribution in [-0.4, -0.2) is 48.9 Å². The monoisotopic (exact) mass is 437 g/mol. The van der Waals surface area contributed by atoms with Crippen molar-refractivity contribution in [1.82, 2.24) is 29.9 Å². The first kappa shape index (κ1) is 21.6. The van der Waals surface area contributed by atoms with Gasteiger partial charge in [-0.15, -0.1) is 5.10 Å². The van der Waals surface area contributed by atoms with Gasteiger partial charge in [0.25, 0.3) is 0 Å². The third kappa shape index (κ3) is 4.82. The predicted octanol–water partition coefficient (Wildman–Crippen LogP) is 2.94. The summed E-state index contributed by atoms with van der Waals surface area (Å²) in [7, 11) is 1.54. The molecular formula is C22H24FN7O2. The van der Waals surface area contributed by atoms with E-state index in [1.807, 2.05) is 6.07 Å². The Morgan fingerprint density at radius 3 is 2.78 bits per heavy atom. The van der Waals surface area contributed by atoms with Gasteiger partial charge in [-0.05, 0) is 37.6 Å². The number of anilines is 2. The first-order valence-corrected chi connectivity index (χ1v) is 10.0. The SMILES string of the molecule is COc1cccc(-c2nc(Nc3ccncc3F)c3c(CNCC(C)(C)O)ccn3n2)n1. The van der Waals surface area contributed by atoms with E-state index < -0.39 is 11.4 Å². The predicted molar refractivity (Wildman–Crippen MR) is 118 cm³/mol. The Labute approximate surface area is 184 Å². The highest BCUT2D eigenvalue weighted by atomic mass is 19.1. The molecule has 0 saturated carbocycles. The molecule has 0 atom stereocenters. The Balaban J connectivity index is 1.78. The van der Waals surface area contributed by atoms with Gasteiger partial charge in [-0.3, -0.25) is 4.98 Å². The summed E-state index contributed by atoms with van der Waals surface area (Å²) in [6.07, 6.45) is 4.43. The Hall–Kier alpha value is -3.63. The van der Waals surface area contributed by atoms with Crippen LogP contribution in [0.15, 0.2) is 48.9 Å². The molecule has 0 radical (unpaired) electrons. The number of aromatic nitrogens is 5. The van der Waals surface area contributed by atoms with E-state index in [9.17, 15) is 9.50 Å². The van der Waals surface area contributed by atoms with Crippen LogP contribution in [0.4, 0.5) is 15.9 Å². The highest BCUT2D eigenvalue weighted by molar-refractivity contribution is 5.78. The molecule has 0 amide bonds. The number of ether oxygens (including phenoxy) is 1. The minimum absolute atomic E-state index is 0.238. The zero-order valence-corrected chi connectivity index (χ0v) is 18.0. The lowest BCUT2D eigenvalue weighted by Gasteiger charge is -2.17. The third-order valence-electron chi connectivity index (χ3n) is 4.66. The number of hydrogen-bond donors (Lipinski definition) is 3. The second-order valence-corrected chi connectivity index (χ2v) is 7.88.